The number of carbonyl (C=O) groups is 1. The molecule has 3 aliphatic rings. The van der Waals surface area contributed by atoms with E-state index >= 15 is 4.39 Å². The van der Waals surface area contributed by atoms with Crippen LogP contribution in [-0.2, 0) is 10.3 Å². The standard InChI is InChI=1S/C29H31F2N5OS/c1-16-9-17(2)15-36(14-16)26(37)29-18(3)25(29)28(4,35-27(33)38-29)21-10-19(5-7-22(21)30)11-23(31)24-8-6-20(12-32)13-34-24/h5-8,10-11,13,16-18,25H,9,14-15H2,1-4H3,(H2,33,35)/b23-11-/t16?,17?,18?,25?,28-,29+/m1/s1. The summed E-state index contributed by atoms with van der Waals surface area (Å²) in [6, 6.07) is 9.22. The molecule has 0 spiro atoms. The zero-order valence-corrected chi connectivity index (χ0v) is 22.7. The second-order valence-corrected chi connectivity index (χ2v) is 12.5. The van der Waals surface area contributed by atoms with E-state index in [4.69, 9.17) is 16.0 Å². The van der Waals surface area contributed by atoms with Crippen molar-refractivity contribution in [2.45, 2.75) is 44.4 Å². The first-order chi connectivity index (χ1) is 18.0. The summed E-state index contributed by atoms with van der Waals surface area (Å²) in [6.45, 7) is 9.57. The molecule has 3 heterocycles. The fourth-order valence-corrected chi connectivity index (χ4v) is 8.21. The van der Waals surface area contributed by atoms with Gasteiger partial charge in [0.15, 0.2) is 5.17 Å². The molecule has 1 amide bonds. The Bertz CT molecular complexity index is 1380. The maximum atomic E-state index is 15.4. The second-order valence-electron chi connectivity index (χ2n) is 11.2. The van der Waals surface area contributed by atoms with Crippen molar-refractivity contribution in [3.63, 3.8) is 0 Å². The lowest BCUT2D eigenvalue weighted by molar-refractivity contribution is -0.134. The Morgan fingerprint density at radius 1 is 1.24 bits per heavy atom. The number of fused-ring (bicyclic) bond motifs is 1. The topological polar surface area (TPSA) is 95.4 Å². The number of aromatic nitrogens is 1. The van der Waals surface area contributed by atoms with E-state index in [2.05, 4.69) is 18.8 Å². The molecule has 6 nitrogen and oxygen atoms in total. The second kappa shape index (κ2) is 9.49. The Balaban J connectivity index is 1.50. The van der Waals surface area contributed by atoms with Crippen LogP contribution in [0.25, 0.3) is 11.9 Å². The molecule has 4 unspecified atom stereocenters. The largest absolute Gasteiger partial charge is 0.378 e. The fraction of sp³-hybridized carbons (Fsp3) is 0.448. The molecule has 1 aromatic heterocycles. The van der Waals surface area contributed by atoms with Gasteiger partial charge in [-0.25, -0.2) is 8.78 Å². The summed E-state index contributed by atoms with van der Waals surface area (Å²) in [5, 5.41) is 9.20. The van der Waals surface area contributed by atoms with Crippen LogP contribution < -0.4 is 5.73 Å². The lowest BCUT2D eigenvalue weighted by Gasteiger charge is -2.39. The number of nitriles is 1. The molecule has 2 aliphatic heterocycles. The lowest BCUT2D eigenvalue weighted by Crippen LogP contribution is -2.50. The molecule has 9 heteroatoms. The van der Waals surface area contributed by atoms with Gasteiger partial charge in [0.2, 0.25) is 5.91 Å². The molecule has 198 valence electrons. The number of hydrogen-bond acceptors (Lipinski definition) is 6. The number of thioether (sulfide) groups is 1. The van der Waals surface area contributed by atoms with Gasteiger partial charge in [0.1, 0.15) is 22.5 Å². The fourth-order valence-electron chi connectivity index (χ4n) is 6.60. The summed E-state index contributed by atoms with van der Waals surface area (Å²) in [6.07, 6.45) is 3.66. The number of benzene rings is 1. The summed E-state index contributed by atoms with van der Waals surface area (Å²) in [5.74, 6) is -0.538. The summed E-state index contributed by atoms with van der Waals surface area (Å²) in [4.78, 5) is 24.6. The lowest BCUT2D eigenvalue weighted by atomic mass is 9.84. The molecule has 2 N–H and O–H groups in total. The first-order valence-corrected chi connectivity index (χ1v) is 13.7. The van der Waals surface area contributed by atoms with E-state index in [1.807, 2.05) is 24.8 Å². The maximum absolute atomic E-state index is 15.4. The van der Waals surface area contributed by atoms with Gasteiger partial charge in [0.25, 0.3) is 0 Å². The van der Waals surface area contributed by atoms with Gasteiger partial charge in [-0.3, -0.25) is 14.8 Å². The van der Waals surface area contributed by atoms with Gasteiger partial charge < -0.3 is 10.6 Å². The van der Waals surface area contributed by atoms with Crippen molar-refractivity contribution in [3.8, 4) is 6.07 Å². The molecule has 6 atom stereocenters. The molecule has 38 heavy (non-hydrogen) atoms. The molecular weight excluding hydrogens is 504 g/mol. The maximum Gasteiger partial charge on any atom is 0.240 e. The van der Waals surface area contributed by atoms with E-state index in [1.165, 1.54) is 48.3 Å². The number of hydrogen-bond donors (Lipinski definition) is 1. The average Bonchev–Trinajstić information content (AvgIpc) is 3.49. The van der Waals surface area contributed by atoms with Gasteiger partial charge in [0, 0.05) is 30.8 Å². The van der Waals surface area contributed by atoms with Crippen LogP contribution in [0.1, 0.15) is 56.5 Å². The van der Waals surface area contributed by atoms with Crippen molar-refractivity contribution in [3.05, 3.63) is 64.7 Å². The van der Waals surface area contributed by atoms with Crippen LogP contribution >= 0.6 is 11.8 Å². The predicted molar refractivity (Wildman–Crippen MR) is 146 cm³/mol. The molecule has 5 rings (SSSR count). The molecule has 2 fully saturated rings. The first kappa shape index (κ1) is 26.4. The number of amidine groups is 1. The zero-order chi connectivity index (χ0) is 27.4. The number of pyridine rings is 1. The number of piperidine rings is 1. The summed E-state index contributed by atoms with van der Waals surface area (Å²) in [5.41, 5.74) is 6.34. The van der Waals surface area contributed by atoms with E-state index in [-0.39, 0.29) is 34.2 Å². The van der Waals surface area contributed by atoms with Crippen molar-refractivity contribution in [2.24, 2.45) is 34.4 Å². The van der Waals surface area contributed by atoms with Crippen LogP contribution in [0.15, 0.2) is 41.5 Å². The SMILES string of the molecule is CC1CC(C)CN(C(=O)[C@@]23SC(N)=N[C@](C)(c4cc(/C=C(\F)c5ccc(C#N)cn5)ccc4F)C2C3C)C1. The number of rotatable bonds is 4. The van der Waals surface area contributed by atoms with Crippen molar-refractivity contribution in [1.82, 2.24) is 9.88 Å². The van der Waals surface area contributed by atoms with E-state index in [0.29, 0.717) is 36.1 Å². The van der Waals surface area contributed by atoms with E-state index in [0.717, 1.165) is 6.42 Å². The molecule has 2 aromatic rings. The van der Waals surface area contributed by atoms with Crippen LogP contribution in [0.5, 0.6) is 0 Å². The summed E-state index contributed by atoms with van der Waals surface area (Å²) in [7, 11) is 0. The molecule has 1 aromatic carbocycles. The van der Waals surface area contributed by atoms with Gasteiger partial charge in [-0.2, -0.15) is 5.26 Å². The van der Waals surface area contributed by atoms with Gasteiger partial charge >= 0.3 is 0 Å². The van der Waals surface area contributed by atoms with Gasteiger partial charge in [-0.15, -0.1) is 0 Å². The highest BCUT2D eigenvalue weighted by Crippen LogP contribution is 2.70. The number of likely N-dealkylation sites (tertiary alicyclic amines) is 1. The minimum Gasteiger partial charge on any atom is -0.378 e. The van der Waals surface area contributed by atoms with Crippen LogP contribution in [0.3, 0.4) is 0 Å². The number of carbonyl (C=O) groups excluding carboxylic acids is 1. The Kier molecular flexibility index (Phi) is 6.59. The number of aliphatic imine (C=N–C) groups is 1. The van der Waals surface area contributed by atoms with Crippen LogP contribution in [0.2, 0.25) is 0 Å². The van der Waals surface area contributed by atoms with Crippen molar-refractivity contribution < 1.29 is 13.6 Å². The van der Waals surface area contributed by atoms with Crippen LogP contribution in [0.4, 0.5) is 8.78 Å². The Morgan fingerprint density at radius 2 is 1.95 bits per heavy atom. The van der Waals surface area contributed by atoms with Gasteiger partial charge in [-0.1, -0.05) is 38.6 Å². The van der Waals surface area contributed by atoms with E-state index in [9.17, 15) is 9.18 Å². The number of nitrogens with two attached hydrogens (primary N) is 1. The molecule has 1 aliphatic carbocycles. The average molecular weight is 536 g/mol. The van der Waals surface area contributed by atoms with E-state index in [1.54, 1.807) is 6.07 Å². The smallest absolute Gasteiger partial charge is 0.240 e. The monoisotopic (exact) mass is 535 g/mol. The molecule has 0 bridgehead atoms. The zero-order valence-electron chi connectivity index (χ0n) is 21.9. The van der Waals surface area contributed by atoms with E-state index < -0.39 is 21.9 Å². The molecule has 0 radical (unpaired) electrons. The Labute approximate surface area is 226 Å². The highest BCUT2D eigenvalue weighted by molar-refractivity contribution is 8.15. The molecular formula is C29H31F2N5OS. The third kappa shape index (κ3) is 4.29. The Morgan fingerprint density at radius 3 is 2.58 bits per heavy atom. The Hall–Kier alpha value is -3.25. The minimum atomic E-state index is -1.09. The van der Waals surface area contributed by atoms with Crippen molar-refractivity contribution >= 4 is 34.7 Å². The molecule has 1 saturated carbocycles. The first-order valence-electron chi connectivity index (χ1n) is 12.9. The number of nitrogens with zero attached hydrogens (tertiary/aromatic N) is 4. The molecule has 1 saturated heterocycles. The highest BCUT2D eigenvalue weighted by atomic mass is 32.2. The summed E-state index contributed by atoms with van der Waals surface area (Å²) >= 11 is 1.30. The van der Waals surface area contributed by atoms with Crippen molar-refractivity contribution in [1.29, 1.82) is 5.26 Å². The highest BCUT2D eigenvalue weighted by Gasteiger charge is 2.76. The normalized spacial score (nSPS) is 32.7. The quantitative estimate of drug-likeness (QED) is 0.570. The third-order valence-electron chi connectivity index (χ3n) is 8.21. The van der Waals surface area contributed by atoms with Crippen molar-refractivity contribution in [2.75, 3.05) is 13.1 Å². The predicted octanol–water partition coefficient (Wildman–Crippen LogP) is 5.35. The van der Waals surface area contributed by atoms with Crippen LogP contribution in [-0.4, -0.2) is 38.8 Å². The third-order valence-corrected chi connectivity index (χ3v) is 9.65. The number of amides is 1. The van der Waals surface area contributed by atoms with Gasteiger partial charge in [0.05, 0.1) is 16.8 Å². The van der Waals surface area contributed by atoms with Gasteiger partial charge in [-0.05, 0) is 67.0 Å². The summed E-state index contributed by atoms with van der Waals surface area (Å²) < 4.78 is 29.6. The number of halogens is 2. The van der Waals surface area contributed by atoms with Crippen LogP contribution in [0, 0.1) is 40.8 Å². The minimum absolute atomic E-state index is 0.0527.